The molecule has 0 fully saturated rings. The zero-order valence-electron chi connectivity index (χ0n) is 9.84. The summed E-state index contributed by atoms with van der Waals surface area (Å²) >= 11 is 1.22. The van der Waals surface area contributed by atoms with E-state index in [1.165, 1.54) is 21.9 Å². The van der Waals surface area contributed by atoms with Gasteiger partial charge in [0.25, 0.3) is 11.5 Å². The van der Waals surface area contributed by atoms with Crippen molar-refractivity contribution in [2.45, 2.75) is 19.8 Å². The Balaban J connectivity index is 2.37. The van der Waals surface area contributed by atoms with Gasteiger partial charge in [0, 0.05) is 18.1 Å². The Morgan fingerprint density at radius 3 is 3.11 bits per heavy atom. The highest BCUT2D eigenvalue weighted by Crippen LogP contribution is 2.14. The van der Waals surface area contributed by atoms with Crippen LogP contribution in [0.3, 0.4) is 0 Å². The maximum atomic E-state index is 12.0. The van der Waals surface area contributed by atoms with Crippen LogP contribution in [-0.4, -0.2) is 26.9 Å². The molecule has 2 heterocycles. The molecule has 0 saturated carbocycles. The maximum Gasteiger partial charge on any atom is 0.275 e. The highest BCUT2D eigenvalue weighted by molar-refractivity contribution is 7.15. The highest BCUT2D eigenvalue weighted by Gasteiger charge is 2.19. The van der Waals surface area contributed by atoms with Crippen molar-refractivity contribution >= 4 is 22.2 Å². The van der Waals surface area contributed by atoms with Gasteiger partial charge in [-0.2, -0.15) is 4.98 Å². The van der Waals surface area contributed by atoms with Crippen molar-refractivity contribution in [2.75, 3.05) is 6.54 Å². The van der Waals surface area contributed by atoms with Crippen molar-refractivity contribution in [3.05, 3.63) is 27.5 Å². The lowest BCUT2D eigenvalue weighted by Crippen LogP contribution is -2.31. The van der Waals surface area contributed by atoms with E-state index in [0.717, 1.165) is 12.8 Å². The van der Waals surface area contributed by atoms with Crippen molar-refractivity contribution in [1.82, 2.24) is 14.7 Å². The van der Waals surface area contributed by atoms with Gasteiger partial charge in [-0.1, -0.05) is 13.3 Å². The molecule has 1 amide bonds. The molecular weight excluding hydrogens is 254 g/mol. The molecule has 2 rings (SSSR count). The van der Waals surface area contributed by atoms with Crippen LogP contribution >= 0.6 is 11.3 Å². The summed E-state index contributed by atoms with van der Waals surface area (Å²) in [6.07, 6.45) is 3.28. The second kappa shape index (κ2) is 5.18. The molecule has 6 nitrogen and oxygen atoms in total. The van der Waals surface area contributed by atoms with Gasteiger partial charge >= 0.3 is 0 Å². The van der Waals surface area contributed by atoms with Gasteiger partial charge in [0.2, 0.25) is 5.88 Å². The smallest absolute Gasteiger partial charge is 0.275 e. The van der Waals surface area contributed by atoms with Gasteiger partial charge in [0.15, 0.2) is 10.5 Å². The van der Waals surface area contributed by atoms with Crippen LogP contribution in [0.5, 0.6) is 5.88 Å². The van der Waals surface area contributed by atoms with Crippen LogP contribution < -0.4 is 10.9 Å². The summed E-state index contributed by atoms with van der Waals surface area (Å²) < 4.78 is 1.25. The third-order valence-electron chi connectivity index (χ3n) is 2.49. The van der Waals surface area contributed by atoms with Gasteiger partial charge in [-0.3, -0.25) is 14.0 Å². The predicted molar refractivity (Wildman–Crippen MR) is 68.2 cm³/mol. The van der Waals surface area contributed by atoms with Crippen LogP contribution in [0.15, 0.2) is 16.4 Å². The van der Waals surface area contributed by atoms with Crippen molar-refractivity contribution < 1.29 is 9.90 Å². The molecule has 0 aliphatic carbocycles. The quantitative estimate of drug-likeness (QED) is 0.809. The molecule has 0 saturated heterocycles. The van der Waals surface area contributed by atoms with E-state index < -0.39 is 17.3 Å². The monoisotopic (exact) mass is 267 g/mol. The minimum Gasteiger partial charge on any atom is -0.492 e. The third kappa shape index (κ3) is 2.21. The first kappa shape index (κ1) is 12.6. The topological polar surface area (TPSA) is 83.7 Å². The Hall–Kier alpha value is -1.89. The number of hydrogen-bond donors (Lipinski definition) is 2. The zero-order valence-corrected chi connectivity index (χ0v) is 10.7. The molecular formula is C11H13N3O3S. The summed E-state index contributed by atoms with van der Waals surface area (Å²) in [6.45, 7) is 2.47. The normalized spacial score (nSPS) is 10.7. The van der Waals surface area contributed by atoms with Gasteiger partial charge in [0.05, 0.1) is 0 Å². The van der Waals surface area contributed by atoms with E-state index in [-0.39, 0.29) is 5.56 Å². The fourth-order valence-corrected chi connectivity index (χ4v) is 2.24. The summed E-state index contributed by atoms with van der Waals surface area (Å²) in [5.74, 6) is -1.10. The number of fused-ring (bicyclic) bond motifs is 1. The van der Waals surface area contributed by atoms with Crippen LogP contribution in [0.2, 0.25) is 0 Å². The summed E-state index contributed by atoms with van der Waals surface area (Å²) in [5.41, 5.74) is -0.852. The Morgan fingerprint density at radius 2 is 2.39 bits per heavy atom. The van der Waals surface area contributed by atoms with Gasteiger partial charge in [-0.15, -0.1) is 11.3 Å². The first-order chi connectivity index (χ1) is 8.65. The van der Waals surface area contributed by atoms with E-state index in [1.54, 1.807) is 5.38 Å². The molecule has 0 aromatic carbocycles. The number of thiazole rings is 1. The second-order valence-corrected chi connectivity index (χ2v) is 4.65. The lowest BCUT2D eigenvalue weighted by Gasteiger charge is -2.05. The Kier molecular flexibility index (Phi) is 3.61. The minimum absolute atomic E-state index is 0.304. The van der Waals surface area contributed by atoms with E-state index in [4.69, 9.17) is 0 Å². The third-order valence-corrected chi connectivity index (χ3v) is 3.25. The first-order valence-electron chi connectivity index (χ1n) is 5.62. The maximum absolute atomic E-state index is 12.0. The SMILES string of the molecule is CCCCNC(=O)c1c(O)nc2sccn2c1=O. The number of aromatic hydroxyl groups is 1. The number of hydrogen-bond acceptors (Lipinski definition) is 5. The molecule has 96 valence electrons. The molecule has 0 aliphatic rings. The van der Waals surface area contributed by atoms with Crippen molar-refractivity contribution in [1.29, 1.82) is 0 Å². The van der Waals surface area contributed by atoms with Crippen LogP contribution in [0.4, 0.5) is 0 Å². The van der Waals surface area contributed by atoms with Gasteiger partial charge in [0.1, 0.15) is 0 Å². The molecule has 0 aliphatic heterocycles. The molecule has 2 N–H and O–H groups in total. The van der Waals surface area contributed by atoms with E-state index in [2.05, 4.69) is 10.3 Å². The average molecular weight is 267 g/mol. The number of carbonyl (C=O) groups excluding carboxylic acids is 1. The fourth-order valence-electron chi connectivity index (χ4n) is 1.54. The molecule has 2 aromatic heterocycles. The van der Waals surface area contributed by atoms with E-state index >= 15 is 0 Å². The molecule has 0 spiro atoms. The van der Waals surface area contributed by atoms with Gasteiger partial charge in [-0.25, -0.2) is 0 Å². The Labute approximate surface area is 107 Å². The summed E-state index contributed by atoms with van der Waals surface area (Å²) in [7, 11) is 0. The van der Waals surface area contributed by atoms with E-state index in [9.17, 15) is 14.7 Å². The van der Waals surface area contributed by atoms with Crippen molar-refractivity contribution in [3.63, 3.8) is 0 Å². The molecule has 2 aromatic rings. The molecule has 0 bridgehead atoms. The number of unbranched alkanes of at least 4 members (excludes halogenated alkanes) is 1. The van der Waals surface area contributed by atoms with Crippen molar-refractivity contribution in [2.24, 2.45) is 0 Å². The van der Waals surface area contributed by atoms with E-state index in [1.807, 2.05) is 6.92 Å². The summed E-state index contributed by atoms with van der Waals surface area (Å²) in [6, 6.07) is 0. The summed E-state index contributed by atoms with van der Waals surface area (Å²) in [5, 5.41) is 13.9. The standard InChI is InChI=1S/C11H13N3O3S/c1-2-3-4-12-8(15)7-9(16)13-11-14(10(7)17)5-6-18-11/h5-6,16H,2-4H2,1H3,(H,12,15). The van der Waals surface area contributed by atoms with Crippen LogP contribution in [-0.2, 0) is 0 Å². The molecule has 7 heteroatoms. The Morgan fingerprint density at radius 1 is 1.61 bits per heavy atom. The van der Waals surface area contributed by atoms with Crippen LogP contribution in [0.25, 0.3) is 4.96 Å². The lowest BCUT2D eigenvalue weighted by molar-refractivity contribution is 0.0948. The lowest BCUT2D eigenvalue weighted by atomic mass is 10.2. The van der Waals surface area contributed by atoms with Crippen LogP contribution in [0.1, 0.15) is 30.1 Å². The molecule has 18 heavy (non-hydrogen) atoms. The Bertz CT molecular complexity index is 632. The fraction of sp³-hybridized carbons (Fsp3) is 0.364. The van der Waals surface area contributed by atoms with Gasteiger partial charge < -0.3 is 10.4 Å². The molecule has 0 unspecified atom stereocenters. The van der Waals surface area contributed by atoms with Crippen LogP contribution in [0, 0.1) is 0 Å². The average Bonchev–Trinajstić information content (AvgIpc) is 2.77. The molecule has 0 radical (unpaired) electrons. The number of aromatic nitrogens is 2. The first-order valence-corrected chi connectivity index (χ1v) is 6.50. The second-order valence-electron chi connectivity index (χ2n) is 3.78. The molecule has 0 atom stereocenters. The number of carbonyl (C=O) groups is 1. The highest BCUT2D eigenvalue weighted by atomic mass is 32.1. The summed E-state index contributed by atoms with van der Waals surface area (Å²) in [4.78, 5) is 28.0. The van der Waals surface area contributed by atoms with E-state index in [0.29, 0.717) is 11.5 Å². The number of amides is 1. The predicted octanol–water partition coefficient (Wildman–Crippen LogP) is 0.991. The minimum atomic E-state index is -0.584. The largest absolute Gasteiger partial charge is 0.492 e. The number of rotatable bonds is 4. The number of nitrogens with one attached hydrogen (secondary N) is 1. The van der Waals surface area contributed by atoms with Gasteiger partial charge in [-0.05, 0) is 6.42 Å². The number of nitrogens with zero attached hydrogens (tertiary/aromatic N) is 2. The van der Waals surface area contributed by atoms with Crippen molar-refractivity contribution in [3.8, 4) is 5.88 Å². The zero-order chi connectivity index (χ0) is 13.1.